The number of nitrogens with zero attached hydrogens (tertiary/aromatic N) is 3. The second-order valence-corrected chi connectivity index (χ2v) is 6.74. The van der Waals surface area contributed by atoms with E-state index in [1.165, 1.54) is 9.91 Å². The second-order valence-electron chi connectivity index (χ2n) is 6.74. The zero-order chi connectivity index (χ0) is 20.7. The van der Waals surface area contributed by atoms with Crippen LogP contribution in [0.5, 0.6) is 0 Å². The van der Waals surface area contributed by atoms with Crippen molar-refractivity contribution < 1.29 is 19.1 Å². The number of hydrazone groups is 1. The van der Waals surface area contributed by atoms with Crippen molar-refractivity contribution in [1.82, 2.24) is 10.2 Å². The molecule has 1 heterocycles. The highest BCUT2D eigenvalue weighted by Gasteiger charge is 2.39. The van der Waals surface area contributed by atoms with Gasteiger partial charge in [0.1, 0.15) is 11.8 Å². The van der Waals surface area contributed by atoms with Gasteiger partial charge < -0.3 is 15.0 Å². The molecule has 0 bridgehead atoms. The minimum Gasteiger partial charge on any atom is -0.461 e. The largest absolute Gasteiger partial charge is 0.461 e. The minimum absolute atomic E-state index is 0.00708. The van der Waals surface area contributed by atoms with Gasteiger partial charge in [0.2, 0.25) is 11.8 Å². The Morgan fingerprint density at radius 3 is 2.50 bits per heavy atom. The van der Waals surface area contributed by atoms with E-state index in [1.807, 2.05) is 51.1 Å². The van der Waals surface area contributed by atoms with E-state index in [9.17, 15) is 14.4 Å². The third kappa shape index (κ3) is 5.31. The summed E-state index contributed by atoms with van der Waals surface area (Å²) in [5.74, 6) is -1.01. The first kappa shape index (κ1) is 21.4. The minimum atomic E-state index is -0.700. The average Bonchev–Trinajstić information content (AvgIpc) is 3.11. The van der Waals surface area contributed by atoms with Crippen molar-refractivity contribution >= 4 is 29.2 Å². The SMILES string of the molecule is CCOC(=O)C1=NN(c2ccccc2)C(C(=O)N(CC)CC(=O)NC(C)C)C1. The van der Waals surface area contributed by atoms with E-state index in [2.05, 4.69) is 10.4 Å². The molecular weight excluding hydrogens is 360 g/mol. The van der Waals surface area contributed by atoms with Crippen LogP contribution in [0.1, 0.15) is 34.1 Å². The highest BCUT2D eigenvalue weighted by atomic mass is 16.5. The third-order valence-electron chi connectivity index (χ3n) is 4.20. The van der Waals surface area contributed by atoms with Gasteiger partial charge in [-0.25, -0.2) is 4.79 Å². The fraction of sp³-hybridized carbons (Fsp3) is 0.500. The molecule has 0 spiro atoms. The van der Waals surface area contributed by atoms with E-state index >= 15 is 0 Å². The Bertz CT molecular complexity index is 733. The number of anilines is 1. The summed E-state index contributed by atoms with van der Waals surface area (Å²) in [4.78, 5) is 39.0. The van der Waals surface area contributed by atoms with E-state index in [-0.39, 0.29) is 43.1 Å². The van der Waals surface area contributed by atoms with Crippen molar-refractivity contribution in [2.45, 2.75) is 46.2 Å². The Kier molecular flexibility index (Phi) is 7.54. The van der Waals surface area contributed by atoms with Crippen molar-refractivity contribution in [3.63, 3.8) is 0 Å². The first-order valence-corrected chi connectivity index (χ1v) is 9.54. The number of hydrogen-bond donors (Lipinski definition) is 1. The molecule has 0 fully saturated rings. The Morgan fingerprint density at radius 1 is 1.25 bits per heavy atom. The van der Waals surface area contributed by atoms with Crippen LogP contribution in [0.3, 0.4) is 0 Å². The summed E-state index contributed by atoms with van der Waals surface area (Å²) in [5.41, 5.74) is 0.898. The predicted octanol–water partition coefficient (Wildman–Crippen LogP) is 1.56. The Balaban J connectivity index is 2.23. The number of amides is 2. The number of benzene rings is 1. The molecule has 8 heteroatoms. The zero-order valence-corrected chi connectivity index (χ0v) is 16.8. The summed E-state index contributed by atoms with van der Waals surface area (Å²) in [6.07, 6.45) is 0.134. The smallest absolute Gasteiger partial charge is 0.354 e. The molecule has 8 nitrogen and oxygen atoms in total. The van der Waals surface area contributed by atoms with Crippen LogP contribution in [0, 0.1) is 0 Å². The molecular formula is C20H28N4O4. The van der Waals surface area contributed by atoms with E-state index in [0.29, 0.717) is 12.2 Å². The molecule has 2 rings (SSSR count). The molecule has 1 aromatic carbocycles. The normalized spacial score (nSPS) is 16.0. The molecule has 1 aliphatic heterocycles. The average molecular weight is 388 g/mol. The molecule has 1 aromatic rings. The number of ether oxygens (including phenoxy) is 1. The maximum atomic E-state index is 13.2. The number of nitrogens with one attached hydrogen (secondary N) is 1. The molecule has 1 unspecified atom stereocenters. The van der Waals surface area contributed by atoms with Gasteiger partial charge in [0.05, 0.1) is 18.8 Å². The van der Waals surface area contributed by atoms with Crippen LogP contribution in [0.2, 0.25) is 0 Å². The molecule has 0 aromatic heterocycles. The quantitative estimate of drug-likeness (QED) is 0.683. The number of carbonyl (C=O) groups excluding carboxylic acids is 3. The van der Waals surface area contributed by atoms with Gasteiger partial charge in [0.15, 0.2) is 0 Å². The van der Waals surface area contributed by atoms with Crippen LogP contribution < -0.4 is 10.3 Å². The fourth-order valence-electron chi connectivity index (χ4n) is 2.96. The molecule has 0 saturated heterocycles. The highest BCUT2D eigenvalue weighted by Crippen LogP contribution is 2.26. The van der Waals surface area contributed by atoms with Gasteiger partial charge >= 0.3 is 5.97 Å². The molecule has 1 aliphatic rings. The molecule has 152 valence electrons. The summed E-state index contributed by atoms with van der Waals surface area (Å²) >= 11 is 0. The monoisotopic (exact) mass is 388 g/mol. The summed E-state index contributed by atoms with van der Waals surface area (Å²) in [6.45, 7) is 7.83. The predicted molar refractivity (Wildman–Crippen MR) is 107 cm³/mol. The van der Waals surface area contributed by atoms with Crippen LogP contribution in [-0.4, -0.2) is 60.2 Å². The number of rotatable bonds is 8. The van der Waals surface area contributed by atoms with Crippen molar-refractivity contribution in [3.05, 3.63) is 30.3 Å². The highest BCUT2D eigenvalue weighted by molar-refractivity contribution is 6.38. The van der Waals surface area contributed by atoms with Crippen LogP contribution in [0.4, 0.5) is 5.69 Å². The molecule has 0 radical (unpaired) electrons. The van der Waals surface area contributed by atoms with Crippen molar-refractivity contribution in [2.75, 3.05) is 24.7 Å². The first-order chi connectivity index (χ1) is 13.4. The Hall–Kier alpha value is -2.90. The lowest BCUT2D eigenvalue weighted by atomic mass is 10.1. The standard InChI is InChI=1S/C20H28N4O4/c1-5-23(13-18(25)21-14(3)4)19(26)17-12-16(20(27)28-6-2)22-24(17)15-10-8-7-9-11-15/h7-11,14,17H,5-6,12-13H2,1-4H3,(H,21,25). The van der Waals surface area contributed by atoms with Gasteiger partial charge in [0.25, 0.3) is 0 Å². The third-order valence-corrected chi connectivity index (χ3v) is 4.20. The second kappa shape index (κ2) is 9.87. The van der Waals surface area contributed by atoms with Crippen LogP contribution in [0.15, 0.2) is 35.4 Å². The van der Waals surface area contributed by atoms with Crippen LogP contribution in [0.25, 0.3) is 0 Å². The van der Waals surface area contributed by atoms with Crippen molar-refractivity contribution in [3.8, 4) is 0 Å². The lowest BCUT2D eigenvalue weighted by molar-refractivity contribution is -0.137. The van der Waals surface area contributed by atoms with Crippen molar-refractivity contribution in [2.24, 2.45) is 5.10 Å². The van der Waals surface area contributed by atoms with E-state index in [4.69, 9.17) is 4.74 Å². The van der Waals surface area contributed by atoms with Gasteiger partial charge in [0, 0.05) is 19.0 Å². The maximum Gasteiger partial charge on any atom is 0.354 e. The number of hydrogen-bond acceptors (Lipinski definition) is 6. The summed E-state index contributed by atoms with van der Waals surface area (Å²) < 4.78 is 5.05. The lowest BCUT2D eigenvalue weighted by Gasteiger charge is -2.28. The Morgan fingerprint density at radius 2 is 1.93 bits per heavy atom. The van der Waals surface area contributed by atoms with Gasteiger partial charge in [-0.2, -0.15) is 5.10 Å². The van der Waals surface area contributed by atoms with Crippen molar-refractivity contribution in [1.29, 1.82) is 0 Å². The molecule has 2 amide bonds. The molecule has 28 heavy (non-hydrogen) atoms. The first-order valence-electron chi connectivity index (χ1n) is 9.54. The topological polar surface area (TPSA) is 91.3 Å². The number of esters is 1. The number of para-hydroxylation sites is 1. The van der Waals surface area contributed by atoms with Crippen LogP contribution >= 0.6 is 0 Å². The maximum absolute atomic E-state index is 13.2. The number of carbonyl (C=O) groups is 3. The van der Waals surface area contributed by atoms with E-state index in [0.717, 1.165) is 0 Å². The fourth-order valence-corrected chi connectivity index (χ4v) is 2.96. The molecule has 0 saturated carbocycles. The van der Waals surface area contributed by atoms with Crippen LogP contribution in [-0.2, 0) is 19.1 Å². The number of likely N-dealkylation sites (N-methyl/N-ethyl adjacent to an activating group) is 1. The molecule has 0 aliphatic carbocycles. The van der Waals surface area contributed by atoms with E-state index in [1.54, 1.807) is 6.92 Å². The van der Waals surface area contributed by atoms with Gasteiger partial charge in [-0.1, -0.05) is 18.2 Å². The van der Waals surface area contributed by atoms with Gasteiger partial charge in [-0.3, -0.25) is 14.6 Å². The zero-order valence-electron chi connectivity index (χ0n) is 16.8. The molecule has 1 N–H and O–H groups in total. The summed E-state index contributed by atoms with van der Waals surface area (Å²) in [5, 5.41) is 8.68. The van der Waals surface area contributed by atoms with Gasteiger partial charge in [-0.05, 0) is 39.8 Å². The summed E-state index contributed by atoms with van der Waals surface area (Å²) in [7, 11) is 0. The molecule has 1 atom stereocenters. The Labute approximate surface area is 165 Å². The summed E-state index contributed by atoms with van der Waals surface area (Å²) in [6, 6.07) is 8.46. The van der Waals surface area contributed by atoms with E-state index < -0.39 is 12.0 Å². The lowest BCUT2D eigenvalue weighted by Crippen LogP contribution is -2.49. The van der Waals surface area contributed by atoms with Gasteiger partial charge in [-0.15, -0.1) is 0 Å².